The Balaban J connectivity index is 2.24. The second kappa shape index (κ2) is 4.52. The molecule has 0 aliphatic carbocycles. The van der Waals surface area contributed by atoms with Crippen molar-refractivity contribution in [2.75, 3.05) is 0 Å². The van der Waals surface area contributed by atoms with E-state index in [0.717, 1.165) is 12.1 Å². The monoisotopic (exact) mass is 272 g/mol. The molecule has 3 aromatic rings. The van der Waals surface area contributed by atoms with Crippen LogP contribution in [0.15, 0.2) is 47.4 Å². The van der Waals surface area contributed by atoms with Crippen LogP contribution in [-0.2, 0) is 7.05 Å². The number of benzene rings is 2. The van der Waals surface area contributed by atoms with Crippen LogP contribution in [-0.4, -0.2) is 9.55 Å². The largest absolute Gasteiger partial charge is 0.309 e. The first-order chi connectivity index (χ1) is 9.56. The highest BCUT2D eigenvalue weighted by molar-refractivity contribution is 5.81. The third-order valence-electron chi connectivity index (χ3n) is 3.23. The van der Waals surface area contributed by atoms with Crippen LogP contribution in [0.2, 0.25) is 0 Å². The molecule has 0 saturated carbocycles. The minimum absolute atomic E-state index is 0.222. The van der Waals surface area contributed by atoms with Gasteiger partial charge in [0.25, 0.3) is 5.56 Å². The van der Waals surface area contributed by atoms with E-state index in [2.05, 4.69) is 4.98 Å². The fourth-order valence-electron chi connectivity index (χ4n) is 2.09. The third kappa shape index (κ3) is 1.97. The number of hydrogen-bond acceptors (Lipinski definition) is 2. The molecular formula is C15H10F2N2O. The lowest BCUT2D eigenvalue weighted by atomic mass is 10.0. The van der Waals surface area contributed by atoms with Crippen molar-refractivity contribution in [1.29, 1.82) is 0 Å². The molecule has 3 nitrogen and oxygen atoms in total. The van der Waals surface area contributed by atoms with Gasteiger partial charge in [0, 0.05) is 7.05 Å². The molecule has 0 fully saturated rings. The van der Waals surface area contributed by atoms with Gasteiger partial charge in [0.15, 0.2) is 11.6 Å². The predicted octanol–water partition coefficient (Wildman–Crippen LogP) is 2.88. The Morgan fingerprint density at radius 2 is 1.70 bits per heavy atom. The number of aryl methyl sites for hydroxylation is 1. The maximum atomic E-state index is 13.3. The molecule has 0 aliphatic rings. The number of rotatable bonds is 1. The molecule has 1 heterocycles. The van der Waals surface area contributed by atoms with Gasteiger partial charge >= 0.3 is 0 Å². The first-order valence-corrected chi connectivity index (χ1v) is 5.97. The van der Waals surface area contributed by atoms with E-state index in [1.165, 1.54) is 16.8 Å². The summed E-state index contributed by atoms with van der Waals surface area (Å²) in [6, 6.07) is 8.93. The second-order valence-electron chi connectivity index (χ2n) is 4.49. The summed E-state index contributed by atoms with van der Waals surface area (Å²) < 4.78 is 27.7. The molecule has 0 unspecified atom stereocenters. The van der Waals surface area contributed by atoms with Gasteiger partial charge in [-0.15, -0.1) is 0 Å². The van der Waals surface area contributed by atoms with Gasteiger partial charge in [-0.3, -0.25) is 4.79 Å². The van der Waals surface area contributed by atoms with Gasteiger partial charge in [-0.2, -0.15) is 0 Å². The first kappa shape index (κ1) is 12.5. The van der Waals surface area contributed by atoms with E-state index in [-0.39, 0.29) is 5.56 Å². The summed E-state index contributed by atoms with van der Waals surface area (Å²) in [6.45, 7) is 0. The Labute approximate surface area is 113 Å². The summed E-state index contributed by atoms with van der Waals surface area (Å²) >= 11 is 0. The minimum atomic E-state index is -0.900. The number of hydrogen-bond donors (Lipinski definition) is 0. The quantitative estimate of drug-likeness (QED) is 0.682. The summed E-state index contributed by atoms with van der Waals surface area (Å²) in [5.41, 5.74) is 2.32. The van der Waals surface area contributed by atoms with E-state index < -0.39 is 11.6 Å². The fourth-order valence-corrected chi connectivity index (χ4v) is 2.09. The SMILES string of the molecule is Cn1c(=O)cnc2ccc(-c3ccc(F)c(F)c3)cc21. The van der Waals surface area contributed by atoms with Crippen molar-refractivity contribution >= 4 is 11.0 Å². The smallest absolute Gasteiger partial charge is 0.269 e. The highest BCUT2D eigenvalue weighted by Gasteiger charge is 2.07. The van der Waals surface area contributed by atoms with Crippen molar-refractivity contribution in [3.8, 4) is 11.1 Å². The molecule has 0 spiro atoms. The van der Waals surface area contributed by atoms with Crippen LogP contribution in [0.5, 0.6) is 0 Å². The van der Waals surface area contributed by atoms with Crippen LogP contribution in [0.4, 0.5) is 8.78 Å². The van der Waals surface area contributed by atoms with E-state index in [1.54, 1.807) is 25.2 Å². The second-order valence-corrected chi connectivity index (χ2v) is 4.49. The van der Waals surface area contributed by atoms with Crippen molar-refractivity contribution in [3.05, 3.63) is 64.6 Å². The van der Waals surface area contributed by atoms with E-state index in [1.807, 2.05) is 0 Å². The lowest BCUT2D eigenvalue weighted by molar-refractivity contribution is 0.509. The number of aromatic nitrogens is 2. The highest BCUT2D eigenvalue weighted by Crippen LogP contribution is 2.24. The van der Waals surface area contributed by atoms with Crippen molar-refractivity contribution < 1.29 is 8.78 Å². The fraction of sp³-hybridized carbons (Fsp3) is 0.0667. The molecule has 0 radical (unpaired) electrons. The molecule has 0 bridgehead atoms. The lowest BCUT2D eigenvalue weighted by Gasteiger charge is -2.07. The zero-order valence-corrected chi connectivity index (χ0v) is 10.6. The van der Waals surface area contributed by atoms with Gasteiger partial charge in [-0.25, -0.2) is 13.8 Å². The maximum Gasteiger partial charge on any atom is 0.269 e. The Hall–Kier alpha value is -2.56. The summed E-state index contributed by atoms with van der Waals surface area (Å²) in [5, 5.41) is 0. The van der Waals surface area contributed by atoms with E-state index >= 15 is 0 Å². The molecule has 0 N–H and O–H groups in total. The van der Waals surface area contributed by atoms with Crippen molar-refractivity contribution in [2.45, 2.75) is 0 Å². The molecule has 0 amide bonds. The first-order valence-electron chi connectivity index (χ1n) is 5.97. The highest BCUT2D eigenvalue weighted by atomic mass is 19.2. The average molecular weight is 272 g/mol. The summed E-state index contributed by atoms with van der Waals surface area (Å²) in [4.78, 5) is 15.6. The van der Waals surface area contributed by atoms with Crippen molar-refractivity contribution in [2.24, 2.45) is 7.05 Å². The molecule has 0 atom stereocenters. The Morgan fingerprint density at radius 3 is 2.45 bits per heavy atom. The van der Waals surface area contributed by atoms with Crippen LogP contribution in [0.3, 0.4) is 0 Å². The van der Waals surface area contributed by atoms with Crippen molar-refractivity contribution in [3.63, 3.8) is 0 Å². The number of fused-ring (bicyclic) bond motifs is 1. The van der Waals surface area contributed by atoms with Gasteiger partial charge in [0.1, 0.15) is 0 Å². The minimum Gasteiger partial charge on any atom is -0.309 e. The molecule has 1 aromatic heterocycles. The van der Waals surface area contributed by atoms with Crippen LogP contribution in [0.25, 0.3) is 22.2 Å². The van der Waals surface area contributed by atoms with E-state index in [4.69, 9.17) is 0 Å². The third-order valence-corrected chi connectivity index (χ3v) is 3.23. The molecule has 100 valence electrons. The predicted molar refractivity (Wildman–Crippen MR) is 72.3 cm³/mol. The van der Waals surface area contributed by atoms with Gasteiger partial charge in [-0.05, 0) is 35.4 Å². The molecular weight excluding hydrogens is 262 g/mol. The topological polar surface area (TPSA) is 34.9 Å². The zero-order valence-electron chi connectivity index (χ0n) is 10.6. The standard InChI is InChI=1S/C15H10F2N2O/c1-19-14-7-10(3-5-13(14)18-8-15(19)20)9-2-4-11(16)12(17)6-9/h2-8H,1H3. The molecule has 0 saturated heterocycles. The van der Waals surface area contributed by atoms with Crippen LogP contribution < -0.4 is 5.56 Å². The summed E-state index contributed by atoms with van der Waals surface area (Å²) in [7, 11) is 1.64. The Morgan fingerprint density at radius 1 is 1.00 bits per heavy atom. The molecule has 0 aliphatic heterocycles. The van der Waals surface area contributed by atoms with E-state index in [0.29, 0.717) is 22.2 Å². The maximum absolute atomic E-state index is 13.3. The zero-order chi connectivity index (χ0) is 14.3. The normalized spacial score (nSPS) is 10.9. The van der Waals surface area contributed by atoms with Gasteiger partial charge in [0.05, 0.1) is 17.2 Å². The molecule has 3 rings (SSSR count). The average Bonchev–Trinajstić information content (AvgIpc) is 2.46. The number of halogens is 2. The summed E-state index contributed by atoms with van der Waals surface area (Å²) in [5.74, 6) is -1.79. The lowest BCUT2D eigenvalue weighted by Crippen LogP contribution is -2.16. The Kier molecular flexibility index (Phi) is 2.82. The molecule has 5 heteroatoms. The van der Waals surface area contributed by atoms with Gasteiger partial charge in [-0.1, -0.05) is 12.1 Å². The van der Waals surface area contributed by atoms with Crippen LogP contribution in [0, 0.1) is 11.6 Å². The van der Waals surface area contributed by atoms with Crippen LogP contribution >= 0.6 is 0 Å². The van der Waals surface area contributed by atoms with Gasteiger partial charge in [0.2, 0.25) is 0 Å². The van der Waals surface area contributed by atoms with E-state index in [9.17, 15) is 13.6 Å². The molecule has 20 heavy (non-hydrogen) atoms. The van der Waals surface area contributed by atoms with Gasteiger partial charge < -0.3 is 4.57 Å². The Bertz CT molecular complexity index is 871. The van der Waals surface area contributed by atoms with Crippen LogP contribution in [0.1, 0.15) is 0 Å². The van der Waals surface area contributed by atoms with Crippen molar-refractivity contribution in [1.82, 2.24) is 9.55 Å². The summed E-state index contributed by atoms with van der Waals surface area (Å²) in [6.07, 6.45) is 1.25. The number of nitrogens with zero attached hydrogens (tertiary/aromatic N) is 2. The molecule has 2 aromatic carbocycles.